The van der Waals surface area contributed by atoms with E-state index >= 15 is 0 Å². The van der Waals surface area contributed by atoms with Gasteiger partial charge in [-0.3, -0.25) is 4.68 Å². The first-order valence-corrected chi connectivity index (χ1v) is 9.94. The summed E-state index contributed by atoms with van der Waals surface area (Å²) in [6, 6.07) is 11.0. The molecule has 3 rings (SSSR count). The summed E-state index contributed by atoms with van der Waals surface area (Å²) in [6.45, 7) is 3.09. The topological polar surface area (TPSA) is 43.8 Å². The summed E-state index contributed by atoms with van der Waals surface area (Å²) in [5, 5.41) is 4.65. The van der Waals surface area contributed by atoms with E-state index in [4.69, 9.17) is 5.73 Å². The normalized spacial score (nSPS) is 23.7. The summed E-state index contributed by atoms with van der Waals surface area (Å²) in [7, 11) is 2.12. The first kappa shape index (κ1) is 18.2. The Morgan fingerprint density at radius 2 is 1.92 bits per heavy atom. The molecule has 1 aliphatic carbocycles. The van der Waals surface area contributed by atoms with Crippen molar-refractivity contribution in [3.8, 4) is 0 Å². The standard InChI is InChI=1S/C22H33N3/c1-3-18-11-13-22(14-12-18,16-19-8-5-4-6-9-19)21-20(10-7-15-23)17-24-25(21)2/h4-6,8-9,17-18H,3,7,10-16,23H2,1-2H3. The zero-order valence-corrected chi connectivity index (χ0v) is 15.9. The van der Waals surface area contributed by atoms with Crippen LogP contribution in [0.25, 0.3) is 0 Å². The molecule has 1 aromatic carbocycles. The Kier molecular flexibility index (Phi) is 5.95. The molecule has 1 fully saturated rings. The minimum atomic E-state index is 0.224. The molecule has 1 saturated carbocycles. The number of aromatic nitrogens is 2. The van der Waals surface area contributed by atoms with Crippen LogP contribution < -0.4 is 5.73 Å². The van der Waals surface area contributed by atoms with Crippen molar-refractivity contribution in [2.45, 2.75) is 63.7 Å². The number of aryl methyl sites for hydroxylation is 2. The summed E-state index contributed by atoms with van der Waals surface area (Å²) in [5.41, 5.74) is 10.3. The Balaban J connectivity index is 1.96. The van der Waals surface area contributed by atoms with E-state index in [-0.39, 0.29) is 5.41 Å². The van der Waals surface area contributed by atoms with Gasteiger partial charge in [-0.15, -0.1) is 0 Å². The molecule has 0 spiro atoms. The predicted molar refractivity (Wildman–Crippen MR) is 105 cm³/mol. The fraction of sp³-hybridized carbons (Fsp3) is 0.591. The van der Waals surface area contributed by atoms with Gasteiger partial charge in [-0.25, -0.2) is 0 Å². The molecule has 25 heavy (non-hydrogen) atoms. The first-order chi connectivity index (χ1) is 12.2. The predicted octanol–water partition coefficient (Wildman–Crippen LogP) is 4.39. The van der Waals surface area contributed by atoms with Crippen molar-refractivity contribution in [1.29, 1.82) is 0 Å². The van der Waals surface area contributed by atoms with Crippen LogP contribution in [0, 0.1) is 5.92 Å². The van der Waals surface area contributed by atoms with Crippen LogP contribution in [0.3, 0.4) is 0 Å². The molecular formula is C22H33N3. The SMILES string of the molecule is CCC1CCC(Cc2ccccc2)(c2c(CCCN)cnn2C)CC1. The minimum absolute atomic E-state index is 0.224. The van der Waals surface area contributed by atoms with Crippen molar-refractivity contribution in [1.82, 2.24) is 9.78 Å². The molecule has 1 aliphatic rings. The second kappa shape index (κ2) is 8.18. The Morgan fingerprint density at radius 3 is 2.56 bits per heavy atom. The molecular weight excluding hydrogens is 306 g/mol. The molecule has 0 radical (unpaired) electrons. The van der Waals surface area contributed by atoms with Gasteiger partial charge in [0.05, 0.1) is 6.20 Å². The summed E-state index contributed by atoms with van der Waals surface area (Å²) in [6.07, 6.45) is 11.8. The lowest BCUT2D eigenvalue weighted by molar-refractivity contribution is 0.213. The number of hydrogen-bond acceptors (Lipinski definition) is 2. The molecule has 0 unspecified atom stereocenters. The van der Waals surface area contributed by atoms with Crippen LogP contribution in [0.2, 0.25) is 0 Å². The molecule has 0 bridgehead atoms. The maximum atomic E-state index is 5.78. The molecule has 2 N–H and O–H groups in total. The second-order valence-corrected chi connectivity index (χ2v) is 7.83. The summed E-state index contributed by atoms with van der Waals surface area (Å²) in [4.78, 5) is 0. The maximum absolute atomic E-state index is 5.78. The molecule has 1 heterocycles. The van der Waals surface area contributed by atoms with E-state index in [0.29, 0.717) is 0 Å². The monoisotopic (exact) mass is 339 g/mol. The fourth-order valence-corrected chi connectivity index (χ4v) is 4.76. The summed E-state index contributed by atoms with van der Waals surface area (Å²) >= 11 is 0. The molecule has 2 aromatic rings. The molecule has 0 amide bonds. The lowest BCUT2D eigenvalue weighted by atomic mass is 9.64. The Morgan fingerprint density at radius 1 is 1.20 bits per heavy atom. The summed E-state index contributed by atoms with van der Waals surface area (Å²) in [5.74, 6) is 0.893. The van der Waals surface area contributed by atoms with Crippen molar-refractivity contribution >= 4 is 0 Å². The molecule has 0 aliphatic heterocycles. The molecule has 0 atom stereocenters. The third-order valence-electron chi connectivity index (χ3n) is 6.19. The van der Waals surface area contributed by atoms with Gasteiger partial charge in [-0.1, -0.05) is 43.7 Å². The highest BCUT2D eigenvalue weighted by Gasteiger charge is 2.40. The molecule has 136 valence electrons. The number of nitrogens with zero attached hydrogens (tertiary/aromatic N) is 2. The zero-order valence-electron chi connectivity index (χ0n) is 15.9. The van der Waals surface area contributed by atoms with E-state index in [2.05, 4.69) is 60.3 Å². The van der Waals surface area contributed by atoms with Crippen molar-refractivity contribution in [2.75, 3.05) is 6.54 Å². The van der Waals surface area contributed by atoms with Gasteiger partial charge in [0.25, 0.3) is 0 Å². The van der Waals surface area contributed by atoms with E-state index in [1.54, 1.807) is 0 Å². The third-order valence-corrected chi connectivity index (χ3v) is 6.19. The average molecular weight is 340 g/mol. The van der Waals surface area contributed by atoms with Gasteiger partial charge in [0.1, 0.15) is 0 Å². The highest BCUT2D eigenvalue weighted by Crippen LogP contribution is 2.45. The highest BCUT2D eigenvalue weighted by atomic mass is 15.3. The number of nitrogens with two attached hydrogens (primary N) is 1. The fourth-order valence-electron chi connectivity index (χ4n) is 4.76. The zero-order chi connectivity index (χ0) is 17.7. The first-order valence-electron chi connectivity index (χ1n) is 9.94. The average Bonchev–Trinajstić information content (AvgIpc) is 3.02. The van der Waals surface area contributed by atoms with Gasteiger partial charge in [0, 0.05) is 18.2 Å². The van der Waals surface area contributed by atoms with Crippen molar-refractivity contribution < 1.29 is 0 Å². The maximum Gasteiger partial charge on any atom is 0.0524 e. The van der Waals surface area contributed by atoms with Crippen LogP contribution in [0.4, 0.5) is 0 Å². The number of hydrogen-bond donors (Lipinski definition) is 1. The van der Waals surface area contributed by atoms with E-state index in [0.717, 1.165) is 31.7 Å². The molecule has 3 heteroatoms. The van der Waals surface area contributed by atoms with Crippen LogP contribution in [-0.4, -0.2) is 16.3 Å². The van der Waals surface area contributed by atoms with E-state index < -0.39 is 0 Å². The van der Waals surface area contributed by atoms with E-state index in [1.807, 2.05) is 0 Å². The van der Waals surface area contributed by atoms with E-state index in [1.165, 1.54) is 48.9 Å². The Bertz CT molecular complexity index is 651. The quantitative estimate of drug-likeness (QED) is 0.813. The molecule has 0 saturated heterocycles. The highest BCUT2D eigenvalue weighted by molar-refractivity contribution is 5.32. The van der Waals surface area contributed by atoms with Crippen molar-refractivity contribution in [2.24, 2.45) is 18.7 Å². The van der Waals surface area contributed by atoms with Crippen LogP contribution >= 0.6 is 0 Å². The van der Waals surface area contributed by atoms with Crippen molar-refractivity contribution in [3.05, 3.63) is 53.3 Å². The van der Waals surface area contributed by atoms with Gasteiger partial charge in [-0.05, 0) is 68.5 Å². The van der Waals surface area contributed by atoms with E-state index in [9.17, 15) is 0 Å². The van der Waals surface area contributed by atoms with Gasteiger partial charge in [0.2, 0.25) is 0 Å². The summed E-state index contributed by atoms with van der Waals surface area (Å²) < 4.78 is 2.15. The Hall–Kier alpha value is -1.61. The molecule has 3 nitrogen and oxygen atoms in total. The van der Waals surface area contributed by atoms with Crippen LogP contribution in [-0.2, 0) is 25.3 Å². The Labute approximate surface area is 152 Å². The third kappa shape index (κ3) is 3.98. The van der Waals surface area contributed by atoms with Gasteiger partial charge in [0.15, 0.2) is 0 Å². The lowest BCUT2D eigenvalue weighted by Crippen LogP contribution is -2.37. The van der Waals surface area contributed by atoms with Gasteiger partial charge < -0.3 is 5.73 Å². The number of benzene rings is 1. The van der Waals surface area contributed by atoms with Crippen LogP contribution in [0.5, 0.6) is 0 Å². The van der Waals surface area contributed by atoms with Gasteiger partial charge >= 0.3 is 0 Å². The largest absolute Gasteiger partial charge is 0.330 e. The van der Waals surface area contributed by atoms with Crippen LogP contribution in [0.1, 0.15) is 62.3 Å². The lowest BCUT2D eigenvalue weighted by Gasteiger charge is -2.41. The minimum Gasteiger partial charge on any atom is -0.330 e. The smallest absolute Gasteiger partial charge is 0.0524 e. The van der Waals surface area contributed by atoms with Crippen LogP contribution in [0.15, 0.2) is 36.5 Å². The van der Waals surface area contributed by atoms with Gasteiger partial charge in [-0.2, -0.15) is 5.10 Å². The van der Waals surface area contributed by atoms with Crippen molar-refractivity contribution in [3.63, 3.8) is 0 Å². The second-order valence-electron chi connectivity index (χ2n) is 7.83. The number of rotatable bonds is 7. The molecule has 1 aromatic heterocycles.